The highest BCUT2D eigenvalue weighted by Gasteiger charge is 2.22. The van der Waals surface area contributed by atoms with Crippen LogP contribution in [0.3, 0.4) is 0 Å². The van der Waals surface area contributed by atoms with E-state index in [-0.39, 0.29) is 18.1 Å². The van der Waals surface area contributed by atoms with Crippen LogP contribution in [-0.4, -0.2) is 54.2 Å². The summed E-state index contributed by atoms with van der Waals surface area (Å²) < 4.78 is 10.7. The number of nitrogens with zero attached hydrogens (tertiary/aromatic N) is 2. The zero-order chi connectivity index (χ0) is 15.2. The maximum Gasteiger partial charge on any atom is 0.244 e. The molecule has 0 saturated carbocycles. The molecule has 0 aliphatic carbocycles. The molecule has 21 heavy (non-hydrogen) atoms. The van der Waals surface area contributed by atoms with Crippen LogP contribution in [0.4, 0.5) is 5.69 Å². The normalized spacial score (nSPS) is 16.7. The molecule has 1 aromatic heterocycles. The van der Waals surface area contributed by atoms with E-state index in [9.17, 15) is 4.79 Å². The average Bonchev–Trinajstić information content (AvgIpc) is 2.49. The van der Waals surface area contributed by atoms with Crippen LogP contribution in [0.15, 0.2) is 18.3 Å². The van der Waals surface area contributed by atoms with Crippen molar-refractivity contribution in [3.8, 4) is 5.88 Å². The van der Waals surface area contributed by atoms with E-state index in [1.807, 2.05) is 31.7 Å². The lowest BCUT2D eigenvalue weighted by atomic mass is 10.2. The molecule has 0 unspecified atom stereocenters. The van der Waals surface area contributed by atoms with Gasteiger partial charge in [0.1, 0.15) is 6.04 Å². The number of hydrogen-bond acceptors (Lipinski definition) is 5. The number of carbonyl (C=O) groups excluding carboxylic acids is 1. The highest BCUT2D eigenvalue weighted by Crippen LogP contribution is 2.14. The molecular weight excluding hydrogens is 270 g/mol. The monoisotopic (exact) mass is 293 g/mol. The molecule has 0 bridgehead atoms. The van der Waals surface area contributed by atoms with Gasteiger partial charge < -0.3 is 19.7 Å². The SMILES string of the molecule is CC(C)Oc1ccc(N[C@@H](C)C(=O)N2CCOCC2)cn1. The van der Waals surface area contributed by atoms with Gasteiger partial charge in [0.15, 0.2) is 0 Å². The lowest BCUT2D eigenvalue weighted by Crippen LogP contribution is -2.47. The number of pyridine rings is 1. The Hall–Kier alpha value is -1.82. The van der Waals surface area contributed by atoms with Gasteiger partial charge in [0.25, 0.3) is 0 Å². The summed E-state index contributed by atoms with van der Waals surface area (Å²) in [5, 5.41) is 3.17. The Morgan fingerprint density at radius 1 is 1.33 bits per heavy atom. The van der Waals surface area contributed by atoms with Crippen LogP contribution in [0, 0.1) is 0 Å². The summed E-state index contributed by atoms with van der Waals surface area (Å²) in [7, 11) is 0. The zero-order valence-corrected chi connectivity index (χ0v) is 12.8. The van der Waals surface area contributed by atoms with Crippen molar-refractivity contribution in [2.45, 2.75) is 32.9 Å². The number of carbonyl (C=O) groups is 1. The molecule has 1 atom stereocenters. The van der Waals surface area contributed by atoms with Gasteiger partial charge in [0.2, 0.25) is 11.8 Å². The van der Waals surface area contributed by atoms with Gasteiger partial charge in [-0.1, -0.05) is 0 Å². The quantitative estimate of drug-likeness (QED) is 0.892. The highest BCUT2D eigenvalue weighted by molar-refractivity contribution is 5.84. The van der Waals surface area contributed by atoms with Gasteiger partial charge in [-0.25, -0.2) is 4.98 Å². The number of morpholine rings is 1. The van der Waals surface area contributed by atoms with Crippen molar-refractivity contribution in [3.63, 3.8) is 0 Å². The van der Waals surface area contributed by atoms with Crippen molar-refractivity contribution in [3.05, 3.63) is 18.3 Å². The Morgan fingerprint density at radius 2 is 2.05 bits per heavy atom. The molecule has 1 fully saturated rings. The van der Waals surface area contributed by atoms with Gasteiger partial charge in [-0.2, -0.15) is 0 Å². The van der Waals surface area contributed by atoms with Crippen LogP contribution in [0.1, 0.15) is 20.8 Å². The molecule has 6 heteroatoms. The minimum absolute atomic E-state index is 0.0841. The average molecular weight is 293 g/mol. The highest BCUT2D eigenvalue weighted by atomic mass is 16.5. The molecule has 116 valence electrons. The Kier molecular flexibility index (Phi) is 5.38. The molecular formula is C15H23N3O3. The van der Waals surface area contributed by atoms with Gasteiger partial charge in [-0.05, 0) is 26.8 Å². The van der Waals surface area contributed by atoms with Crippen molar-refractivity contribution in [1.29, 1.82) is 0 Å². The summed E-state index contributed by atoms with van der Waals surface area (Å²) in [5.74, 6) is 0.670. The van der Waals surface area contributed by atoms with Crippen LogP contribution in [0.25, 0.3) is 0 Å². The number of ether oxygens (including phenoxy) is 2. The van der Waals surface area contributed by atoms with E-state index in [1.54, 1.807) is 12.3 Å². The van der Waals surface area contributed by atoms with Crippen LogP contribution in [0.5, 0.6) is 5.88 Å². The molecule has 0 spiro atoms. The molecule has 0 radical (unpaired) electrons. The first-order valence-corrected chi connectivity index (χ1v) is 7.32. The van der Waals surface area contributed by atoms with Crippen molar-refractivity contribution >= 4 is 11.6 Å². The maximum absolute atomic E-state index is 12.3. The number of nitrogens with one attached hydrogen (secondary N) is 1. The van der Waals surface area contributed by atoms with E-state index in [0.717, 1.165) is 5.69 Å². The molecule has 1 N–H and O–H groups in total. The third-order valence-electron chi connectivity index (χ3n) is 3.17. The molecule has 6 nitrogen and oxygen atoms in total. The first kappa shape index (κ1) is 15.6. The zero-order valence-electron chi connectivity index (χ0n) is 12.8. The number of hydrogen-bond donors (Lipinski definition) is 1. The molecule has 1 aliphatic rings. The summed E-state index contributed by atoms with van der Waals surface area (Å²) in [6, 6.07) is 3.38. The van der Waals surface area contributed by atoms with Gasteiger partial charge >= 0.3 is 0 Å². The van der Waals surface area contributed by atoms with Crippen LogP contribution in [-0.2, 0) is 9.53 Å². The van der Waals surface area contributed by atoms with Gasteiger partial charge in [0.05, 0.1) is 31.2 Å². The fourth-order valence-corrected chi connectivity index (χ4v) is 2.15. The van der Waals surface area contributed by atoms with Crippen molar-refractivity contribution in [2.75, 3.05) is 31.6 Å². The number of aromatic nitrogens is 1. The second kappa shape index (κ2) is 7.26. The number of amides is 1. The van der Waals surface area contributed by atoms with Gasteiger partial charge in [-0.15, -0.1) is 0 Å². The summed E-state index contributed by atoms with van der Waals surface area (Å²) in [4.78, 5) is 18.3. The van der Waals surface area contributed by atoms with Crippen LogP contribution in [0.2, 0.25) is 0 Å². The lowest BCUT2D eigenvalue weighted by molar-refractivity contribution is -0.135. The second-order valence-corrected chi connectivity index (χ2v) is 5.36. The largest absolute Gasteiger partial charge is 0.475 e. The van der Waals surface area contributed by atoms with Crippen molar-refractivity contribution in [1.82, 2.24) is 9.88 Å². The fourth-order valence-electron chi connectivity index (χ4n) is 2.15. The Labute approximate surface area is 125 Å². The third kappa shape index (κ3) is 4.60. The standard InChI is InChI=1S/C15H23N3O3/c1-11(2)21-14-5-4-13(10-16-14)17-12(3)15(19)18-6-8-20-9-7-18/h4-5,10-12,17H,6-9H2,1-3H3/t12-/m0/s1. The maximum atomic E-state index is 12.3. The lowest BCUT2D eigenvalue weighted by Gasteiger charge is -2.29. The Morgan fingerprint density at radius 3 is 2.62 bits per heavy atom. The molecule has 1 aromatic rings. The smallest absolute Gasteiger partial charge is 0.244 e. The predicted molar refractivity (Wildman–Crippen MR) is 80.5 cm³/mol. The minimum Gasteiger partial charge on any atom is -0.475 e. The Bertz CT molecular complexity index is 456. The van der Waals surface area contributed by atoms with Crippen molar-refractivity contribution in [2.24, 2.45) is 0 Å². The van der Waals surface area contributed by atoms with E-state index in [4.69, 9.17) is 9.47 Å². The number of rotatable bonds is 5. The second-order valence-electron chi connectivity index (χ2n) is 5.36. The van der Waals surface area contributed by atoms with E-state index in [2.05, 4.69) is 10.3 Å². The molecule has 1 aliphatic heterocycles. The van der Waals surface area contributed by atoms with Crippen molar-refractivity contribution < 1.29 is 14.3 Å². The summed E-state index contributed by atoms with van der Waals surface area (Å²) in [5.41, 5.74) is 0.806. The topological polar surface area (TPSA) is 63.7 Å². The molecule has 2 heterocycles. The van der Waals surface area contributed by atoms with Gasteiger partial charge in [-0.3, -0.25) is 4.79 Å². The van der Waals surface area contributed by atoms with Gasteiger partial charge in [0, 0.05) is 19.2 Å². The van der Waals surface area contributed by atoms with E-state index < -0.39 is 0 Å². The summed E-state index contributed by atoms with van der Waals surface area (Å²) in [6.07, 6.45) is 1.78. The number of anilines is 1. The van der Waals surface area contributed by atoms with E-state index in [1.165, 1.54) is 0 Å². The van der Waals surface area contributed by atoms with Crippen LogP contribution < -0.4 is 10.1 Å². The Balaban J connectivity index is 1.89. The first-order valence-electron chi connectivity index (χ1n) is 7.32. The fraction of sp³-hybridized carbons (Fsp3) is 0.600. The summed E-state index contributed by atoms with van der Waals surface area (Å²) in [6.45, 7) is 8.31. The van der Waals surface area contributed by atoms with E-state index >= 15 is 0 Å². The predicted octanol–water partition coefficient (Wildman–Crippen LogP) is 1.53. The van der Waals surface area contributed by atoms with Crippen LogP contribution >= 0.6 is 0 Å². The molecule has 2 rings (SSSR count). The van der Waals surface area contributed by atoms with E-state index in [0.29, 0.717) is 32.2 Å². The molecule has 0 aromatic carbocycles. The first-order chi connectivity index (χ1) is 10.1. The molecule has 1 saturated heterocycles. The molecule has 1 amide bonds. The summed E-state index contributed by atoms with van der Waals surface area (Å²) >= 11 is 0. The third-order valence-corrected chi connectivity index (χ3v) is 3.17. The minimum atomic E-state index is -0.290.